The van der Waals surface area contributed by atoms with Crippen LogP contribution in [0.4, 0.5) is 35.0 Å². The van der Waals surface area contributed by atoms with Crippen LogP contribution in [0.15, 0.2) is 87.6 Å². The molecule has 0 saturated carbocycles. The van der Waals surface area contributed by atoms with Crippen LogP contribution in [0.3, 0.4) is 0 Å². The van der Waals surface area contributed by atoms with Crippen molar-refractivity contribution < 1.29 is 39.6 Å². The summed E-state index contributed by atoms with van der Waals surface area (Å²) in [5, 5.41) is 0. The van der Waals surface area contributed by atoms with E-state index in [1.165, 1.54) is 48.5 Å². The summed E-state index contributed by atoms with van der Waals surface area (Å²) in [6.45, 7) is 0. The molecule has 3 aromatic carbocycles. The number of urea groups is 1. The Hall–Kier alpha value is -3.37. The van der Waals surface area contributed by atoms with Gasteiger partial charge in [-0.05, 0) is 42.5 Å². The van der Waals surface area contributed by atoms with E-state index in [4.69, 9.17) is 34.8 Å². The minimum atomic E-state index is -4.81. The smallest absolute Gasteiger partial charge is 0.312 e. The van der Waals surface area contributed by atoms with Gasteiger partial charge in [-0.1, -0.05) is 65.1 Å². The van der Waals surface area contributed by atoms with Crippen LogP contribution in [0.25, 0.3) is 0 Å². The van der Waals surface area contributed by atoms with E-state index in [1.807, 2.05) is 0 Å². The van der Waals surface area contributed by atoms with Crippen LogP contribution >= 0.6 is 34.8 Å². The highest BCUT2D eigenvalue weighted by atomic mass is 35.6. The van der Waals surface area contributed by atoms with Gasteiger partial charge in [0.15, 0.2) is 25.8 Å². The number of amides is 3. The number of hydrogen-bond acceptors (Lipinski definition) is 8. The summed E-state index contributed by atoms with van der Waals surface area (Å²) in [6, 6.07) is 13.0. The van der Waals surface area contributed by atoms with Crippen molar-refractivity contribution in [3.8, 4) is 0 Å². The van der Waals surface area contributed by atoms with E-state index in [0.29, 0.717) is 15.9 Å². The normalized spacial score (nSPS) is 16.4. The molecule has 0 aliphatic carbocycles. The Balaban J connectivity index is 2.10. The molecule has 1 aliphatic heterocycles. The molecule has 3 aromatic rings. The van der Waals surface area contributed by atoms with Gasteiger partial charge in [-0.25, -0.2) is 31.5 Å². The van der Waals surface area contributed by atoms with Crippen LogP contribution in [-0.4, -0.2) is 69.0 Å². The molecule has 240 valence electrons. The zero-order chi connectivity index (χ0) is 33.7. The Morgan fingerprint density at radius 1 is 0.800 bits per heavy atom. The molecule has 1 saturated heterocycles. The van der Waals surface area contributed by atoms with E-state index in [-0.39, 0.29) is 21.2 Å². The van der Waals surface area contributed by atoms with Gasteiger partial charge in [0.2, 0.25) is 9.63 Å². The summed E-state index contributed by atoms with van der Waals surface area (Å²) in [7, 11) is -7.06. The highest BCUT2D eigenvalue weighted by Gasteiger charge is 2.47. The summed E-state index contributed by atoms with van der Waals surface area (Å²) in [4.78, 5) is 32.2. The predicted octanol–water partition coefficient (Wildman–Crippen LogP) is 5.84. The number of amidine groups is 1. The average Bonchev–Trinajstić information content (AvgIpc) is 3.14. The fraction of sp³-hybridized carbons (Fsp3) is 0.222. The molecule has 1 atom stereocenters. The third-order valence-corrected chi connectivity index (χ3v) is 9.32. The number of anilines is 3. The van der Waals surface area contributed by atoms with E-state index in [2.05, 4.69) is 4.99 Å². The van der Waals surface area contributed by atoms with Gasteiger partial charge in [-0.15, -0.1) is 0 Å². The van der Waals surface area contributed by atoms with Crippen molar-refractivity contribution in [1.29, 1.82) is 0 Å². The average molecular weight is 726 g/mol. The predicted molar refractivity (Wildman–Crippen MR) is 165 cm³/mol. The lowest BCUT2D eigenvalue weighted by molar-refractivity contribution is -0.137. The zero-order valence-corrected chi connectivity index (χ0v) is 27.2. The van der Waals surface area contributed by atoms with Crippen LogP contribution in [0.2, 0.25) is 0 Å². The van der Waals surface area contributed by atoms with E-state index < -0.39 is 64.8 Å². The van der Waals surface area contributed by atoms with Crippen molar-refractivity contribution in [2.45, 2.75) is 25.9 Å². The third-order valence-electron chi connectivity index (χ3n) is 6.45. The van der Waals surface area contributed by atoms with Crippen molar-refractivity contribution in [3.63, 3.8) is 0 Å². The fourth-order valence-corrected chi connectivity index (χ4v) is 6.65. The van der Waals surface area contributed by atoms with Gasteiger partial charge in [-0.3, -0.25) is 9.69 Å². The van der Waals surface area contributed by atoms with Crippen LogP contribution in [-0.2, 0) is 30.6 Å². The first-order valence-corrected chi connectivity index (χ1v) is 17.4. The second-order valence-corrected chi connectivity index (χ2v) is 16.1. The number of benzene rings is 3. The first kappa shape index (κ1) is 34.5. The second kappa shape index (κ2) is 12.1. The number of carbonyl (C=O) groups is 2. The highest BCUT2D eigenvalue weighted by molar-refractivity contribution is 7.91. The number of likely N-dealkylation sites (N-methyl/N-ethyl adjacent to an activating group) is 1. The SMILES string of the molecule is CN1C(=O)C(=NC(N(c2ccccc2S(C)(=O)=O)c2ccccc2S(C)(=O)=O)C(Cl)(Cl)Cl)N(c2cccc(C(F)(F)F)c2)C1=O. The van der Waals surface area contributed by atoms with Crippen LogP contribution in [0.1, 0.15) is 5.56 Å². The lowest BCUT2D eigenvalue weighted by Gasteiger charge is -2.37. The third kappa shape index (κ3) is 7.07. The van der Waals surface area contributed by atoms with Crippen molar-refractivity contribution in [1.82, 2.24) is 4.90 Å². The standard InChI is InChI=1S/C27H22Cl3F3N4O6S2/c1-35-23(38)22(36(25(35)39)17-10-8-9-16(15-17)27(31,32)33)34-24(26(28,29)30)37(18-11-4-6-13-20(18)44(2,40)41)19-12-5-7-14-21(19)45(3,42)43/h4-15,24H,1-3H3. The molecule has 0 bridgehead atoms. The Morgan fingerprint density at radius 2 is 1.29 bits per heavy atom. The Labute approximate surface area is 271 Å². The molecule has 0 N–H and O–H groups in total. The van der Waals surface area contributed by atoms with Gasteiger partial charge in [-0.2, -0.15) is 13.2 Å². The molecule has 3 amide bonds. The number of sulfone groups is 2. The molecule has 1 fully saturated rings. The lowest BCUT2D eigenvalue weighted by atomic mass is 10.2. The maximum atomic E-state index is 13.6. The summed E-state index contributed by atoms with van der Waals surface area (Å²) in [6.07, 6.45) is -5.05. The van der Waals surface area contributed by atoms with Crippen molar-refractivity contribution in [2.75, 3.05) is 29.4 Å². The highest BCUT2D eigenvalue weighted by Crippen LogP contribution is 2.45. The second-order valence-electron chi connectivity index (χ2n) is 9.75. The summed E-state index contributed by atoms with van der Waals surface area (Å²) in [5.41, 5.74) is -2.01. The summed E-state index contributed by atoms with van der Waals surface area (Å²) >= 11 is 19.2. The summed E-state index contributed by atoms with van der Waals surface area (Å²) < 4.78 is 89.6. The fourth-order valence-electron chi connectivity index (χ4n) is 4.47. The van der Waals surface area contributed by atoms with Gasteiger partial charge in [0.05, 0.1) is 32.4 Å². The lowest BCUT2D eigenvalue weighted by Crippen LogP contribution is -2.44. The van der Waals surface area contributed by atoms with Crippen molar-refractivity contribution >= 4 is 89.3 Å². The first-order valence-electron chi connectivity index (χ1n) is 12.5. The van der Waals surface area contributed by atoms with Crippen LogP contribution in [0.5, 0.6) is 0 Å². The molecule has 1 heterocycles. The van der Waals surface area contributed by atoms with Crippen LogP contribution < -0.4 is 9.80 Å². The number of imide groups is 1. The first-order chi connectivity index (χ1) is 20.6. The molecule has 0 spiro atoms. The van der Waals surface area contributed by atoms with Crippen molar-refractivity contribution in [3.05, 3.63) is 78.4 Å². The topological polar surface area (TPSA) is 124 Å². The Morgan fingerprint density at radius 3 is 1.73 bits per heavy atom. The molecule has 18 heteroatoms. The molecular formula is C27H22Cl3F3N4O6S2. The van der Waals surface area contributed by atoms with E-state index in [0.717, 1.165) is 42.7 Å². The van der Waals surface area contributed by atoms with Gasteiger partial charge >= 0.3 is 12.2 Å². The Bertz CT molecular complexity index is 1860. The number of hydrogen-bond donors (Lipinski definition) is 0. The molecule has 0 radical (unpaired) electrons. The number of alkyl halides is 6. The molecule has 0 aromatic heterocycles. The van der Waals surface area contributed by atoms with Gasteiger partial charge in [0.1, 0.15) is 0 Å². The zero-order valence-electron chi connectivity index (χ0n) is 23.3. The number of rotatable bonds is 7. The quantitative estimate of drug-likeness (QED) is 0.221. The van der Waals surface area contributed by atoms with Gasteiger partial charge in [0, 0.05) is 19.6 Å². The van der Waals surface area contributed by atoms with E-state index >= 15 is 0 Å². The molecule has 4 rings (SSSR count). The summed E-state index contributed by atoms with van der Waals surface area (Å²) in [5.74, 6) is -1.90. The van der Waals surface area contributed by atoms with Gasteiger partial charge < -0.3 is 4.90 Å². The largest absolute Gasteiger partial charge is 0.416 e. The van der Waals surface area contributed by atoms with E-state index in [1.54, 1.807) is 0 Å². The maximum absolute atomic E-state index is 13.6. The number of nitrogens with zero attached hydrogens (tertiary/aromatic N) is 4. The van der Waals surface area contributed by atoms with E-state index in [9.17, 15) is 39.6 Å². The molecule has 45 heavy (non-hydrogen) atoms. The molecule has 10 nitrogen and oxygen atoms in total. The monoisotopic (exact) mass is 724 g/mol. The molecule has 1 aliphatic rings. The Kier molecular flexibility index (Phi) is 9.27. The van der Waals surface area contributed by atoms with Crippen LogP contribution in [0, 0.1) is 0 Å². The minimum absolute atomic E-state index is 0.229. The maximum Gasteiger partial charge on any atom is 0.416 e. The number of aliphatic imine (C=N–C) groups is 1. The molecular weight excluding hydrogens is 704 g/mol. The van der Waals surface area contributed by atoms with Gasteiger partial charge in [0.25, 0.3) is 5.91 Å². The number of carbonyl (C=O) groups excluding carboxylic acids is 2. The molecule has 1 unspecified atom stereocenters. The minimum Gasteiger partial charge on any atom is -0.312 e. The van der Waals surface area contributed by atoms with Crippen molar-refractivity contribution in [2.24, 2.45) is 4.99 Å². The number of halogens is 6. The number of para-hydroxylation sites is 2.